The van der Waals surface area contributed by atoms with Crippen molar-refractivity contribution in [3.63, 3.8) is 0 Å². The molecule has 0 fully saturated rings. The molecule has 13 heavy (non-hydrogen) atoms. The van der Waals surface area contributed by atoms with E-state index >= 15 is 0 Å². The molecule has 2 radical (unpaired) electrons. The van der Waals surface area contributed by atoms with Crippen molar-refractivity contribution in [1.29, 1.82) is 0 Å². The third kappa shape index (κ3) is 246. The minimum atomic E-state index is 0. The molecule has 0 unspecified atom stereocenters. The smallest absolute Gasteiger partial charge is 0 e. The van der Waals surface area contributed by atoms with Gasteiger partial charge in [0.2, 0.25) is 0 Å². The molecule has 0 saturated heterocycles. The topological polar surface area (TPSA) is 252 Å². The van der Waals surface area contributed by atoms with Crippen LogP contribution in [0, 0.1) is 0 Å². The summed E-state index contributed by atoms with van der Waals surface area (Å²) >= 11 is 0. The van der Waals surface area contributed by atoms with E-state index in [0.717, 1.165) is 0 Å². The number of hydrogen-bond acceptors (Lipinski definition) is 0. The normalized spacial score (nSPS) is 0. The number of rotatable bonds is 0. The van der Waals surface area contributed by atoms with Gasteiger partial charge in [-0.1, -0.05) is 0 Å². The fourth-order valence-electron chi connectivity index (χ4n) is 0. The van der Waals surface area contributed by atoms with E-state index in [1.165, 1.54) is 0 Å². The van der Waals surface area contributed by atoms with Gasteiger partial charge in [0.15, 0.2) is 17.4 Å². The Bertz CT molecular complexity index is 22.1. The van der Waals surface area contributed by atoms with Crippen LogP contribution in [0.4, 0.5) is 0 Å². The summed E-state index contributed by atoms with van der Waals surface area (Å²) in [6, 6.07) is 0. The van der Waals surface area contributed by atoms with Gasteiger partial charge in [0.1, 0.15) is 0 Å². The second-order valence-electron chi connectivity index (χ2n) is 0. The van der Waals surface area contributed by atoms with Crippen molar-refractivity contribution < 1.29 is 113 Å². The molecule has 0 amide bonds. The van der Waals surface area contributed by atoms with Crippen LogP contribution in [-0.4, -0.2) is 85.1 Å². The van der Waals surface area contributed by atoms with Gasteiger partial charge in [-0.3, -0.25) is 0 Å². The van der Waals surface area contributed by atoms with Gasteiger partial charge in [0.25, 0.3) is 0 Å². The second kappa shape index (κ2) is 285. The van der Waals surface area contributed by atoms with Crippen LogP contribution in [-0.2, 0) is 69.6 Å². The van der Waals surface area contributed by atoms with Gasteiger partial charge in [-0.05, 0) is 0 Å². The molecule has 0 saturated carbocycles. The quantitative estimate of drug-likeness (QED) is 0.292. The van der Waals surface area contributed by atoms with Crippen molar-refractivity contribution >= 4 is 41.3 Å². The Balaban J connectivity index is 0. The molecule has 0 aromatic carbocycles. The summed E-state index contributed by atoms with van der Waals surface area (Å²) in [5.74, 6) is 0. The van der Waals surface area contributed by atoms with E-state index in [1.54, 1.807) is 0 Å². The van der Waals surface area contributed by atoms with Crippen molar-refractivity contribution in [1.82, 2.24) is 0 Å². The summed E-state index contributed by atoms with van der Waals surface area (Å²) in [7, 11) is 0. The standard InChI is InChI=1S/Al.8H2O.Sn.2Ti.Zr.5H/h;8*1H2;;;;;;;;;. The maximum absolute atomic E-state index is 0. The molecule has 8 nitrogen and oxygen atoms in total. The predicted octanol–water partition coefficient (Wildman–Crippen LogP) is -8.71. The van der Waals surface area contributed by atoms with Gasteiger partial charge in [-0.15, -0.1) is 0 Å². The van der Waals surface area contributed by atoms with Gasteiger partial charge in [0, 0.05) is 69.6 Å². The zero-order valence-electron chi connectivity index (χ0n) is 6.21. The van der Waals surface area contributed by atoms with Crippen LogP contribution in [0.15, 0.2) is 0 Å². The molecule has 0 aliphatic carbocycles. The van der Waals surface area contributed by atoms with Crippen LogP contribution in [0.3, 0.4) is 0 Å². The van der Waals surface area contributed by atoms with Crippen LogP contribution < -0.4 is 0 Å². The summed E-state index contributed by atoms with van der Waals surface area (Å²) in [5.41, 5.74) is 0. The zero-order chi connectivity index (χ0) is 0. The first kappa shape index (κ1) is 347. The van der Waals surface area contributed by atoms with Gasteiger partial charge >= 0.3 is 23.9 Å². The van der Waals surface area contributed by atoms with Crippen LogP contribution in [0.25, 0.3) is 0 Å². The Morgan fingerprint density at radius 1 is 0.385 bits per heavy atom. The van der Waals surface area contributed by atoms with E-state index < -0.39 is 0 Å². The average Bonchev–Trinajstić information content (AvgIpc) is 0. The van der Waals surface area contributed by atoms with Crippen molar-refractivity contribution in [3.8, 4) is 0 Å². The second-order valence-corrected chi connectivity index (χ2v) is 0. The molecule has 0 heterocycles. The largest absolute Gasteiger partial charge is 0 e. The molecule has 0 atom stereocenters. The average molecular weight is 482 g/mol. The first-order valence-electron chi connectivity index (χ1n) is 0. The summed E-state index contributed by atoms with van der Waals surface area (Å²) in [5, 5.41) is 0. The van der Waals surface area contributed by atoms with E-state index in [0.29, 0.717) is 0 Å². The zero-order valence-corrected chi connectivity index (χ0v) is 15.8. The fourth-order valence-corrected chi connectivity index (χ4v) is 0. The Kier molecular flexibility index (Phi) is 7600. The Morgan fingerprint density at radius 3 is 0.385 bits per heavy atom. The molecule has 0 spiro atoms. The van der Waals surface area contributed by atoms with E-state index in [1.807, 2.05) is 0 Å². The molecule has 0 aromatic rings. The van der Waals surface area contributed by atoms with E-state index in [9.17, 15) is 0 Å². The van der Waals surface area contributed by atoms with Crippen LogP contribution in [0.2, 0.25) is 0 Å². The van der Waals surface area contributed by atoms with Crippen molar-refractivity contribution in [2.75, 3.05) is 0 Å². The Morgan fingerprint density at radius 2 is 0.385 bits per heavy atom. The van der Waals surface area contributed by atoms with Crippen LogP contribution in [0.5, 0.6) is 0 Å². The van der Waals surface area contributed by atoms with Crippen molar-refractivity contribution in [2.24, 2.45) is 0 Å². The Labute approximate surface area is 152 Å². The predicted molar refractivity (Wildman–Crippen MR) is 47.4 cm³/mol. The molecule has 0 aliphatic heterocycles. The molecule has 16 N–H and O–H groups in total. The Hall–Kier alpha value is 3.32. The van der Waals surface area contributed by atoms with Crippen LogP contribution in [0.1, 0.15) is 0 Å². The van der Waals surface area contributed by atoms with E-state index in [2.05, 4.69) is 0 Å². The van der Waals surface area contributed by atoms with E-state index in [4.69, 9.17) is 0 Å². The molecular formula is H21AlO8SnTi2Zr. The van der Waals surface area contributed by atoms with Gasteiger partial charge in [0.05, 0.1) is 0 Å². The monoisotopic (exact) mass is 482 g/mol. The maximum atomic E-state index is 0. The minimum absolute atomic E-state index is 0. The maximum Gasteiger partial charge on any atom is 0 e. The van der Waals surface area contributed by atoms with E-state index in [-0.39, 0.29) is 155 Å². The molecule has 0 rings (SSSR count). The molecule has 13 heteroatoms. The third-order valence-corrected chi connectivity index (χ3v) is 0. The van der Waals surface area contributed by atoms with Crippen molar-refractivity contribution in [2.45, 2.75) is 0 Å². The fraction of sp³-hybridized carbons (Fsp3) is 0. The van der Waals surface area contributed by atoms with Gasteiger partial charge in [-0.25, -0.2) is 0 Å². The minimum Gasteiger partial charge on any atom is 0 e. The molecular weight excluding hydrogens is 461 g/mol. The summed E-state index contributed by atoms with van der Waals surface area (Å²) in [4.78, 5) is 0. The SMILES string of the molecule is O.O.O.O.O.O.O.O.[AlH3].[SnH2].[Ti].[Ti].[Zr]. The third-order valence-electron chi connectivity index (χ3n) is 0. The first-order chi connectivity index (χ1) is 0. The van der Waals surface area contributed by atoms with Gasteiger partial charge in [-0.2, -0.15) is 0 Å². The molecule has 0 aromatic heterocycles. The van der Waals surface area contributed by atoms with Gasteiger partial charge < -0.3 is 43.8 Å². The molecule has 0 bridgehead atoms. The molecule has 0 aliphatic rings. The molecule has 88 valence electrons. The first-order valence-corrected chi connectivity index (χ1v) is 0. The van der Waals surface area contributed by atoms with Crippen LogP contribution >= 0.6 is 0 Å². The number of hydrogen-bond donors (Lipinski definition) is 0. The summed E-state index contributed by atoms with van der Waals surface area (Å²) in [6.07, 6.45) is 0. The van der Waals surface area contributed by atoms with Crippen molar-refractivity contribution in [3.05, 3.63) is 0 Å². The summed E-state index contributed by atoms with van der Waals surface area (Å²) in [6.45, 7) is 0. The summed E-state index contributed by atoms with van der Waals surface area (Å²) < 4.78 is 0.